The molecule has 1 N–H and O–H groups in total. The number of methoxy groups -OCH3 is 1. The molecule has 0 spiro atoms. The zero-order chi connectivity index (χ0) is 28.3. The fraction of sp³-hybridized carbons (Fsp3) is 0.312. The quantitative estimate of drug-likeness (QED) is 0.190. The molecule has 7 heteroatoms. The zero-order valence-electron chi connectivity index (χ0n) is 23.2. The van der Waals surface area contributed by atoms with Gasteiger partial charge >= 0.3 is 0 Å². The molecule has 0 aliphatic carbocycles. The molecule has 1 aliphatic rings. The maximum Gasteiger partial charge on any atom is 0.300 e. The Balaban J connectivity index is 1.92. The first kappa shape index (κ1) is 27.8. The number of rotatable bonds is 9. The van der Waals surface area contributed by atoms with Crippen molar-refractivity contribution in [3.63, 3.8) is 0 Å². The third kappa shape index (κ3) is 5.62. The Kier molecular flexibility index (Phi) is 8.29. The van der Waals surface area contributed by atoms with Gasteiger partial charge in [0.05, 0.1) is 31.4 Å². The van der Waals surface area contributed by atoms with Crippen LogP contribution < -0.4 is 19.1 Å². The molecule has 1 fully saturated rings. The molecular formula is C32H35NO6. The minimum atomic E-state index is -0.872. The van der Waals surface area contributed by atoms with E-state index in [1.54, 1.807) is 55.6 Å². The van der Waals surface area contributed by atoms with Crippen molar-refractivity contribution in [2.45, 2.75) is 52.7 Å². The summed E-state index contributed by atoms with van der Waals surface area (Å²) in [6, 6.07) is 18.6. The van der Waals surface area contributed by atoms with Crippen LogP contribution in [0.1, 0.15) is 63.3 Å². The molecule has 1 aliphatic heterocycles. The molecule has 0 aromatic heterocycles. The maximum atomic E-state index is 13.6. The number of ketones is 1. The standard InChI is InChI=1S/C32H35NO6/c1-7-38-24-14-12-23(13-15-24)33-29(21-9-8-10-25(17-21)39-20(4)5)28(31(35)32(33)36)30(34)22-11-16-27(37-6)26(18-22)19(2)3/h8-20,29,34H,7H2,1-6H3/b30-28+. The lowest BCUT2D eigenvalue weighted by Gasteiger charge is -2.26. The van der Waals surface area contributed by atoms with Crippen LogP contribution in [0.15, 0.2) is 72.3 Å². The number of aliphatic hydroxyl groups is 1. The Morgan fingerprint density at radius 1 is 0.949 bits per heavy atom. The normalized spacial score (nSPS) is 16.7. The van der Waals surface area contributed by atoms with E-state index in [-0.39, 0.29) is 23.4 Å². The number of carbonyl (C=O) groups is 2. The highest BCUT2D eigenvalue weighted by Gasteiger charge is 2.47. The summed E-state index contributed by atoms with van der Waals surface area (Å²) in [6.45, 7) is 10.3. The van der Waals surface area contributed by atoms with Crippen LogP contribution >= 0.6 is 0 Å². The predicted octanol–water partition coefficient (Wildman–Crippen LogP) is 6.63. The second-order valence-electron chi connectivity index (χ2n) is 9.95. The molecule has 1 unspecified atom stereocenters. The average Bonchev–Trinajstić information content (AvgIpc) is 3.18. The number of nitrogens with zero attached hydrogens (tertiary/aromatic N) is 1. The Labute approximate surface area is 229 Å². The lowest BCUT2D eigenvalue weighted by molar-refractivity contribution is -0.132. The average molecular weight is 530 g/mol. The van der Waals surface area contributed by atoms with E-state index in [1.165, 1.54) is 4.90 Å². The molecule has 3 aromatic carbocycles. The van der Waals surface area contributed by atoms with Crippen LogP contribution in [0.2, 0.25) is 0 Å². The lowest BCUT2D eigenvalue weighted by Crippen LogP contribution is -2.29. The number of ether oxygens (including phenoxy) is 3. The van der Waals surface area contributed by atoms with Gasteiger partial charge in [-0.15, -0.1) is 0 Å². The SMILES string of the molecule is CCOc1ccc(N2C(=O)C(=O)/C(=C(/O)c3ccc(OC)c(C(C)C)c3)C2c2cccc(OC(C)C)c2)cc1. The lowest BCUT2D eigenvalue weighted by atomic mass is 9.93. The van der Waals surface area contributed by atoms with Gasteiger partial charge in [0.25, 0.3) is 11.7 Å². The molecule has 7 nitrogen and oxygen atoms in total. The first-order chi connectivity index (χ1) is 18.7. The summed E-state index contributed by atoms with van der Waals surface area (Å²) in [4.78, 5) is 28.5. The largest absolute Gasteiger partial charge is 0.507 e. The van der Waals surface area contributed by atoms with Gasteiger partial charge in [-0.25, -0.2) is 0 Å². The number of hydrogen-bond acceptors (Lipinski definition) is 6. The second-order valence-corrected chi connectivity index (χ2v) is 9.95. The fourth-order valence-corrected chi connectivity index (χ4v) is 4.80. The third-order valence-corrected chi connectivity index (χ3v) is 6.54. The molecule has 39 heavy (non-hydrogen) atoms. The van der Waals surface area contributed by atoms with Crippen molar-refractivity contribution in [2.24, 2.45) is 0 Å². The molecule has 1 heterocycles. The van der Waals surface area contributed by atoms with Gasteiger partial charge in [-0.2, -0.15) is 0 Å². The number of amides is 1. The molecule has 0 bridgehead atoms. The molecular weight excluding hydrogens is 494 g/mol. The van der Waals surface area contributed by atoms with Crippen LogP contribution in [0.4, 0.5) is 5.69 Å². The molecule has 4 rings (SSSR count). The number of benzene rings is 3. The van der Waals surface area contributed by atoms with Gasteiger partial charge in [-0.05, 0) is 92.4 Å². The Morgan fingerprint density at radius 3 is 2.28 bits per heavy atom. The number of carbonyl (C=O) groups excluding carboxylic acids is 2. The predicted molar refractivity (Wildman–Crippen MR) is 152 cm³/mol. The molecule has 1 saturated heterocycles. The van der Waals surface area contributed by atoms with Gasteiger partial charge in [-0.3, -0.25) is 14.5 Å². The number of hydrogen-bond donors (Lipinski definition) is 1. The van der Waals surface area contributed by atoms with E-state index >= 15 is 0 Å². The van der Waals surface area contributed by atoms with Crippen LogP contribution in [-0.4, -0.2) is 36.6 Å². The summed E-state index contributed by atoms with van der Waals surface area (Å²) in [5.74, 6) is 0.326. The minimum absolute atomic E-state index is 0.00968. The molecule has 1 atom stereocenters. The number of aliphatic hydroxyl groups excluding tert-OH is 1. The second kappa shape index (κ2) is 11.6. The van der Waals surface area contributed by atoms with Crippen molar-refractivity contribution in [1.82, 2.24) is 0 Å². The highest BCUT2D eigenvalue weighted by Crippen LogP contribution is 2.43. The Hall–Kier alpha value is -4.26. The maximum absolute atomic E-state index is 13.6. The molecule has 0 radical (unpaired) electrons. The van der Waals surface area contributed by atoms with Crippen molar-refractivity contribution < 1.29 is 28.9 Å². The van der Waals surface area contributed by atoms with E-state index in [1.807, 2.05) is 52.8 Å². The van der Waals surface area contributed by atoms with Crippen LogP contribution in [0.5, 0.6) is 17.2 Å². The van der Waals surface area contributed by atoms with Crippen LogP contribution in [0, 0.1) is 0 Å². The number of Topliss-reactive ketones (excluding diaryl/α,β-unsaturated/α-hetero) is 1. The summed E-state index contributed by atoms with van der Waals surface area (Å²) in [5.41, 5.74) is 2.48. The van der Waals surface area contributed by atoms with Gasteiger partial charge in [0.1, 0.15) is 23.0 Å². The zero-order valence-corrected chi connectivity index (χ0v) is 23.2. The Morgan fingerprint density at radius 2 is 1.67 bits per heavy atom. The van der Waals surface area contributed by atoms with Crippen LogP contribution in [0.25, 0.3) is 5.76 Å². The summed E-state index contributed by atoms with van der Waals surface area (Å²) >= 11 is 0. The van der Waals surface area contributed by atoms with Crippen molar-refractivity contribution in [1.29, 1.82) is 0 Å². The van der Waals surface area contributed by atoms with Gasteiger partial charge < -0.3 is 19.3 Å². The monoisotopic (exact) mass is 529 g/mol. The van der Waals surface area contributed by atoms with E-state index < -0.39 is 17.7 Å². The number of anilines is 1. The molecule has 3 aromatic rings. The van der Waals surface area contributed by atoms with E-state index in [0.717, 1.165) is 5.56 Å². The fourth-order valence-electron chi connectivity index (χ4n) is 4.80. The first-order valence-corrected chi connectivity index (χ1v) is 13.1. The van der Waals surface area contributed by atoms with Gasteiger partial charge in [-0.1, -0.05) is 26.0 Å². The van der Waals surface area contributed by atoms with E-state index in [0.29, 0.717) is 40.7 Å². The molecule has 204 valence electrons. The first-order valence-electron chi connectivity index (χ1n) is 13.1. The molecule has 1 amide bonds. The van der Waals surface area contributed by atoms with Crippen LogP contribution in [-0.2, 0) is 9.59 Å². The summed E-state index contributed by atoms with van der Waals surface area (Å²) in [5, 5.41) is 11.6. The highest BCUT2D eigenvalue weighted by molar-refractivity contribution is 6.51. The molecule has 0 saturated carbocycles. The Bertz CT molecular complexity index is 1390. The van der Waals surface area contributed by atoms with Crippen molar-refractivity contribution in [3.8, 4) is 17.2 Å². The van der Waals surface area contributed by atoms with Crippen molar-refractivity contribution in [2.75, 3.05) is 18.6 Å². The topological polar surface area (TPSA) is 85.3 Å². The van der Waals surface area contributed by atoms with Crippen LogP contribution in [0.3, 0.4) is 0 Å². The van der Waals surface area contributed by atoms with Gasteiger partial charge in [0, 0.05) is 11.3 Å². The van der Waals surface area contributed by atoms with Gasteiger partial charge in [0.15, 0.2) is 0 Å². The summed E-state index contributed by atoms with van der Waals surface area (Å²) in [6.07, 6.45) is -0.0635. The van der Waals surface area contributed by atoms with Crippen molar-refractivity contribution in [3.05, 3.63) is 89.0 Å². The highest BCUT2D eigenvalue weighted by atomic mass is 16.5. The van der Waals surface area contributed by atoms with E-state index in [4.69, 9.17) is 14.2 Å². The van der Waals surface area contributed by atoms with Crippen molar-refractivity contribution >= 4 is 23.1 Å². The van der Waals surface area contributed by atoms with E-state index in [2.05, 4.69) is 0 Å². The van der Waals surface area contributed by atoms with E-state index in [9.17, 15) is 14.7 Å². The third-order valence-electron chi connectivity index (χ3n) is 6.54. The van der Waals surface area contributed by atoms with Gasteiger partial charge in [0.2, 0.25) is 0 Å². The summed E-state index contributed by atoms with van der Waals surface area (Å²) in [7, 11) is 1.59. The minimum Gasteiger partial charge on any atom is -0.507 e. The summed E-state index contributed by atoms with van der Waals surface area (Å²) < 4.78 is 16.9. The smallest absolute Gasteiger partial charge is 0.300 e.